The molecule has 1 atom stereocenters. The van der Waals surface area contributed by atoms with Crippen LogP contribution in [-0.4, -0.2) is 9.25 Å². The van der Waals surface area contributed by atoms with Crippen molar-refractivity contribution in [3.8, 4) is 45.3 Å². The first kappa shape index (κ1) is 26.8. The van der Waals surface area contributed by atoms with Crippen LogP contribution in [0.3, 0.4) is 0 Å². The summed E-state index contributed by atoms with van der Waals surface area (Å²) in [7, 11) is 0. The van der Waals surface area contributed by atoms with Gasteiger partial charge in [0, 0.05) is 16.8 Å². The van der Waals surface area contributed by atoms with Crippen LogP contribution in [0.25, 0.3) is 77.1 Å². The molecule has 0 aliphatic carbocycles. The molecule has 0 saturated carbocycles. The number of aromatic nitrogens is 4. The first-order valence-electron chi connectivity index (χ1n) is 17.8. The van der Waals surface area contributed by atoms with Gasteiger partial charge in [0.05, 0.1) is 18.0 Å². The summed E-state index contributed by atoms with van der Waals surface area (Å²) >= 11 is 0. The van der Waals surface area contributed by atoms with Gasteiger partial charge in [-0.15, -0.1) is 4.68 Å². The minimum atomic E-state index is -0.694. The highest BCUT2D eigenvalue weighted by atomic mass is 16.5. The van der Waals surface area contributed by atoms with Crippen LogP contribution in [0.4, 0.5) is 0 Å². The zero-order valence-electron chi connectivity index (χ0n) is 27.9. The molecule has 10 aromatic rings. The third kappa shape index (κ3) is 3.04. The third-order valence-corrected chi connectivity index (χ3v) is 11.7. The monoisotopic (exact) mass is 664 g/mol. The fourth-order valence-corrected chi connectivity index (χ4v) is 9.72. The van der Waals surface area contributed by atoms with Gasteiger partial charge < -0.3 is 4.74 Å². The molecule has 3 aliphatic heterocycles. The first-order valence-corrected chi connectivity index (χ1v) is 17.8. The van der Waals surface area contributed by atoms with E-state index in [0.717, 1.165) is 39.7 Å². The van der Waals surface area contributed by atoms with Crippen LogP contribution in [0.15, 0.2) is 170 Å². The van der Waals surface area contributed by atoms with Crippen molar-refractivity contribution in [2.24, 2.45) is 0 Å². The average molecular weight is 665 g/mol. The van der Waals surface area contributed by atoms with Crippen molar-refractivity contribution in [3.63, 3.8) is 0 Å². The summed E-state index contributed by atoms with van der Waals surface area (Å²) in [5.74, 6) is 2.90. The molecule has 5 heteroatoms. The maximum Gasteiger partial charge on any atom is 0.397 e. The van der Waals surface area contributed by atoms with E-state index >= 15 is 0 Å². The molecular weight excluding hydrogens is 637 g/mol. The highest BCUT2D eigenvalue weighted by Gasteiger charge is 2.68. The number of para-hydroxylation sites is 1. The fraction of sp³-hybridized carbons (Fsp3) is 0.0213. The van der Waals surface area contributed by atoms with E-state index in [1.54, 1.807) is 0 Å². The second-order valence-electron chi connectivity index (χ2n) is 14.2. The number of ether oxygens (including phenoxy) is 1. The molecular formula is C47H28N4O+2. The van der Waals surface area contributed by atoms with Crippen LogP contribution < -0.4 is 14.0 Å². The molecule has 240 valence electrons. The van der Waals surface area contributed by atoms with Crippen molar-refractivity contribution in [2.75, 3.05) is 0 Å². The standard InChI is InChI=1S/C47H28N4O/c1-3-12-34-31(10-1)26-32-11-2-4-13-35(32)43(34)30-21-19-29(20-22-30)33-27-49-39-16-9-17-40-44(39)47(50(49)28-33)45-41(52-40)24-23-37-36-14-5-6-15-38(36)51(46(37)45)42-18-7-8-25-48(42)47/h1-28H/q+2. The van der Waals surface area contributed by atoms with Crippen LogP contribution in [0.5, 0.6) is 11.5 Å². The van der Waals surface area contributed by atoms with Crippen LogP contribution >= 0.6 is 0 Å². The number of nitrogens with zero attached hydrogens (tertiary/aromatic N) is 4. The van der Waals surface area contributed by atoms with E-state index in [9.17, 15) is 0 Å². The van der Waals surface area contributed by atoms with Gasteiger partial charge in [-0.2, -0.15) is 9.13 Å². The summed E-state index contributed by atoms with van der Waals surface area (Å²) in [5.41, 5.74) is 9.97. The maximum absolute atomic E-state index is 6.82. The molecule has 1 unspecified atom stereocenters. The molecule has 0 radical (unpaired) electrons. The fourth-order valence-electron chi connectivity index (χ4n) is 9.72. The maximum atomic E-state index is 6.82. The number of hydrogen-bond donors (Lipinski definition) is 0. The van der Waals surface area contributed by atoms with Gasteiger partial charge in [-0.25, -0.2) is 0 Å². The summed E-state index contributed by atoms with van der Waals surface area (Å²) in [6.07, 6.45) is 6.86. The molecule has 0 N–H and O–H groups in total. The van der Waals surface area contributed by atoms with Crippen LogP contribution in [0.1, 0.15) is 11.1 Å². The number of pyridine rings is 1. The van der Waals surface area contributed by atoms with E-state index in [1.807, 2.05) is 0 Å². The highest BCUT2D eigenvalue weighted by molar-refractivity contribution is 6.13. The Kier molecular flexibility index (Phi) is 4.76. The molecule has 0 bridgehead atoms. The van der Waals surface area contributed by atoms with Crippen LogP contribution in [-0.2, 0) is 5.66 Å². The van der Waals surface area contributed by atoms with E-state index in [2.05, 4.69) is 189 Å². The Morgan fingerprint density at radius 2 is 1.25 bits per heavy atom. The highest BCUT2D eigenvalue weighted by Crippen LogP contribution is 2.55. The molecule has 0 fully saturated rings. The lowest BCUT2D eigenvalue weighted by atomic mass is 9.84. The second-order valence-corrected chi connectivity index (χ2v) is 14.2. The van der Waals surface area contributed by atoms with E-state index in [0.29, 0.717) is 0 Å². The van der Waals surface area contributed by atoms with Crippen molar-refractivity contribution in [2.45, 2.75) is 5.66 Å². The number of rotatable bonds is 2. The molecule has 13 rings (SSSR count). The Bertz CT molecular complexity index is 3170. The quantitative estimate of drug-likeness (QED) is 0.134. The lowest BCUT2D eigenvalue weighted by Gasteiger charge is -2.32. The molecule has 3 aromatic heterocycles. The summed E-state index contributed by atoms with van der Waals surface area (Å²) in [4.78, 5) is 0. The zero-order valence-corrected chi connectivity index (χ0v) is 27.9. The zero-order chi connectivity index (χ0) is 33.7. The molecule has 7 aromatic carbocycles. The van der Waals surface area contributed by atoms with Crippen LogP contribution in [0, 0.1) is 0 Å². The molecule has 0 amide bonds. The second kappa shape index (κ2) is 9.22. The van der Waals surface area contributed by atoms with Gasteiger partial charge in [-0.1, -0.05) is 102 Å². The van der Waals surface area contributed by atoms with Gasteiger partial charge in [-0.3, -0.25) is 0 Å². The Morgan fingerprint density at radius 1 is 0.538 bits per heavy atom. The largest absolute Gasteiger partial charge is 0.456 e. The van der Waals surface area contributed by atoms with Gasteiger partial charge in [0.25, 0.3) is 5.82 Å². The number of fused-ring (bicyclic) bond motifs is 9. The van der Waals surface area contributed by atoms with E-state index < -0.39 is 5.66 Å². The lowest BCUT2D eigenvalue weighted by Crippen LogP contribution is -2.76. The van der Waals surface area contributed by atoms with Crippen molar-refractivity contribution in [1.82, 2.24) is 9.25 Å². The van der Waals surface area contributed by atoms with E-state index in [1.165, 1.54) is 60.0 Å². The van der Waals surface area contributed by atoms with E-state index in [4.69, 9.17) is 4.74 Å². The Balaban J connectivity index is 1.07. The van der Waals surface area contributed by atoms with E-state index in [-0.39, 0.29) is 0 Å². The third-order valence-electron chi connectivity index (χ3n) is 11.7. The predicted octanol–water partition coefficient (Wildman–Crippen LogP) is 9.82. The summed E-state index contributed by atoms with van der Waals surface area (Å²) in [6.45, 7) is 0. The summed E-state index contributed by atoms with van der Waals surface area (Å²) in [6, 6.07) is 55.0. The molecule has 3 aliphatic rings. The Morgan fingerprint density at radius 3 is 2.08 bits per heavy atom. The van der Waals surface area contributed by atoms with Crippen molar-refractivity contribution < 1.29 is 14.0 Å². The molecule has 6 heterocycles. The summed E-state index contributed by atoms with van der Waals surface area (Å²) < 4.78 is 16.5. The predicted molar refractivity (Wildman–Crippen MR) is 204 cm³/mol. The van der Waals surface area contributed by atoms with Gasteiger partial charge in [0.2, 0.25) is 6.20 Å². The Hall–Kier alpha value is -6.98. The molecule has 5 nitrogen and oxygen atoms in total. The smallest absolute Gasteiger partial charge is 0.397 e. The Labute approximate surface area is 298 Å². The SMILES string of the molecule is c1cc2c3c(c1)-n1cc(-c4ccc(-c5c6ccccc6cc6ccccc56)cc4)c[n+]1C31c3c(ccc4c5ccccc5n(c34)-c3cccc[n+]31)O2. The lowest BCUT2D eigenvalue weighted by molar-refractivity contribution is -0.993. The number of benzene rings is 7. The topological polar surface area (TPSA) is 26.8 Å². The minimum Gasteiger partial charge on any atom is -0.456 e. The van der Waals surface area contributed by atoms with Crippen molar-refractivity contribution in [1.29, 1.82) is 0 Å². The minimum absolute atomic E-state index is 0.694. The first-order chi connectivity index (χ1) is 25.8. The van der Waals surface area contributed by atoms with Gasteiger partial charge >= 0.3 is 5.66 Å². The molecule has 1 spiro atoms. The van der Waals surface area contributed by atoms with Gasteiger partial charge in [0.1, 0.15) is 28.3 Å². The van der Waals surface area contributed by atoms with Gasteiger partial charge in [-0.05, 0) is 86.8 Å². The number of hydrogen-bond acceptors (Lipinski definition) is 1. The molecule has 52 heavy (non-hydrogen) atoms. The summed E-state index contributed by atoms with van der Waals surface area (Å²) in [5, 5.41) is 7.53. The van der Waals surface area contributed by atoms with Crippen molar-refractivity contribution >= 4 is 43.4 Å². The van der Waals surface area contributed by atoms with Crippen LogP contribution in [0.2, 0.25) is 0 Å². The van der Waals surface area contributed by atoms with Gasteiger partial charge in [0.15, 0.2) is 11.1 Å². The normalized spacial score (nSPS) is 15.9. The van der Waals surface area contributed by atoms with Crippen molar-refractivity contribution in [3.05, 3.63) is 181 Å². The molecule has 0 saturated heterocycles. The average Bonchev–Trinajstić information content (AvgIpc) is 3.87.